The van der Waals surface area contributed by atoms with Crippen LogP contribution in [0.5, 0.6) is 0 Å². The SMILES string of the molecule is CCC(CCO)NC(=O)c1cc(-c2ccccc2)no1. The maximum Gasteiger partial charge on any atom is 0.290 e. The Morgan fingerprint density at radius 2 is 2.15 bits per heavy atom. The number of amides is 1. The van der Waals surface area contributed by atoms with Gasteiger partial charge in [0.2, 0.25) is 5.76 Å². The Kier molecular flexibility index (Phi) is 4.90. The van der Waals surface area contributed by atoms with Gasteiger partial charge in [0.1, 0.15) is 5.69 Å². The van der Waals surface area contributed by atoms with Gasteiger partial charge in [-0.15, -0.1) is 0 Å². The van der Waals surface area contributed by atoms with E-state index < -0.39 is 0 Å². The highest BCUT2D eigenvalue weighted by Crippen LogP contribution is 2.18. The number of carbonyl (C=O) groups is 1. The summed E-state index contributed by atoms with van der Waals surface area (Å²) in [5.41, 5.74) is 1.53. The van der Waals surface area contributed by atoms with Crippen LogP contribution in [0.25, 0.3) is 11.3 Å². The molecule has 2 rings (SSSR count). The molecule has 5 heteroatoms. The van der Waals surface area contributed by atoms with E-state index in [9.17, 15) is 4.79 Å². The lowest BCUT2D eigenvalue weighted by Gasteiger charge is -2.13. The molecule has 1 unspecified atom stereocenters. The third-order valence-corrected chi connectivity index (χ3v) is 3.11. The Hall–Kier alpha value is -2.14. The molecular formula is C15H18N2O3. The quantitative estimate of drug-likeness (QED) is 0.847. The highest BCUT2D eigenvalue weighted by atomic mass is 16.5. The van der Waals surface area contributed by atoms with Gasteiger partial charge < -0.3 is 14.9 Å². The fourth-order valence-corrected chi connectivity index (χ4v) is 1.92. The number of benzene rings is 1. The molecule has 106 valence electrons. The number of rotatable bonds is 6. The summed E-state index contributed by atoms with van der Waals surface area (Å²) >= 11 is 0. The lowest BCUT2D eigenvalue weighted by Crippen LogP contribution is -2.34. The highest BCUT2D eigenvalue weighted by molar-refractivity contribution is 5.92. The molecule has 0 aliphatic carbocycles. The first-order valence-corrected chi connectivity index (χ1v) is 6.68. The summed E-state index contributed by atoms with van der Waals surface area (Å²) in [4.78, 5) is 12.0. The molecule has 0 aliphatic heterocycles. The molecule has 1 aromatic carbocycles. The molecule has 5 nitrogen and oxygen atoms in total. The summed E-state index contributed by atoms with van der Waals surface area (Å²) in [7, 11) is 0. The van der Waals surface area contributed by atoms with Crippen LogP contribution < -0.4 is 5.32 Å². The van der Waals surface area contributed by atoms with E-state index in [1.807, 2.05) is 37.3 Å². The average Bonchev–Trinajstić information content (AvgIpc) is 2.97. The van der Waals surface area contributed by atoms with Crippen molar-refractivity contribution in [2.45, 2.75) is 25.8 Å². The number of hydrogen-bond acceptors (Lipinski definition) is 4. The molecule has 1 aromatic heterocycles. The lowest BCUT2D eigenvalue weighted by molar-refractivity contribution is 0.0892. The number of nitrogens with one attached hydrogen (secondary N) is 1. The average molecular weight is 274 g/mol. The number of hydrogen-bond donors (Lipinski definition) is 2. The highest BCUT2D eigenvalue weighted by Gasteiger charge is 2.17. The zero-order valence-electron chi connectivity index (χ0n) is 11.4. The second-order valence-corrected chi connectivity index (χ2v) is 4.53. The Bertz CT molecular complexity index is 551. The van der Waals surface area contributed by atoms with Crippen molar-refractivity contribution >= 4 is 5.91 Å². The monoisotopic (exact) mass is 274 g/mol. The van der Waals surface area contributed by atoms with Crippen molar-refractivity contribution in [1.29, 1.82) is 0 Å². The van der Waals surface area contributed by atoms with Gasteiger partial charge in [-0.1, -0.05) is 42.4 Å². The first kappa shape index (κ1) is 14.3. The van der Waals surface area contributed by atoms with E-state index in [-0.39, 0.29) is 24.3 Å². The predicted molar refractivity (Wildman–Crippen MR) is 75.2 cm³/mol. The van der Waals surface area contributed by atoms with E-state index in [0.717, 1.165) is 12.0 Å². The summed E-state index contributed by atoms with van der Waals surface area (Å²) in [6.45, 7) is 2.00. The van der Waals surface area contributed by atoms with Gasteiger partial charge in [0.05, 0.1) is 0 Å². The third-order valence-electron chi connectivity index (χ3n) is 3.11. The van der Waals surface area contributed by atoms with Crippen LogP contribution in [0, 0.1) is 0 Å². The summed E-state index contributed by atoms with van der Waals surface area (Å²) in [5.74, 6) is -0.125. The molecule has 0 fully saturated rings. The van der Waals surface area contributed by atoms with Gasteiger partial charge in [-0.2, -0.15) is 0 Å². The summed E-state index contributed by atoms with van der Waals surface area (Å²) in [5, 5.41) is 15.6. The molecule has 0 spiro atoms. The normalized spacial score (nSPS) is 12.1. The molecular weight excluding hydrogens is 256 g/mol. The topological polar surface area (TPSA) is 75.4 Å². The Morgan fingerprint density at radius 1 is 1.40 bits per heavy atom. The first-order valence-electron chi connectivity index (χ1n) is 6.68. The van der Waals surface area contributed by atoms with Gasteiger partial charge >= 0.3 is 0 Å². The maximum absolute atomic E-state index is 12.0. The van der Waals surface area contributed by atoms with Gasteiger partial charge in [-0.25, -0.2) is 0 Å². The minimum atomic E-state index is -0.306. The van der Waals surface area contributed by atoms with Crippen molar-refractivity contribution in [2.75, 3.05) is 6.61 Å². The van der Waals surface area contributed by atoms with Crippen molar-refractivity contribution in [3.8, 4) is 11.3 Å². The van der Waals surface area contributed by atoms with Gasteiger partial charge in [-0.05, 0) is 12.8 Å². The number of aliphatic hydroxyl groups is 1. The van der Waals surface area contributed by atoms with Crippen LogP contribution in [-0.4, -0.2) is 28.8 Å². The van der Waals surface area contributed by atoms with Crippen molar-refractivity contribution in [3.63, 3.8) is 0 Å². The molecule has 1 amide bonds. The van der Waals surface area contributed by atoms with E-state index in [1.54, 1.807) is 6.07 Å². The maximum atomic E-state index is 12.0. The smallest absolute Gasteiger partial charge is 0.290 e. The minimum absolute atomic E-state index is 0.0461. The second kappa shape index (κ2) is 6.86. The third kappa shape index (κ3) is 3.45. The first-order chi connectivity index (χ1) is 9.74. The summed E-state index contributed by atoms with van der Waals surface area (Å²) in [6, 6.07) is 11.1. The van der Waals surface area contributed by atoms with Crippen LogP contribution in [0.2, 0.25) is 0 Å². The molecule has 20 heavy (non-hydrogen) atoms. The Balaban J connectivity index is 2.07. The predicted octanol–water partition coefficient (Wildman–Crippen LogP) is 2.23. The zero-order chi connectivity index (χ0) is 14.4. The second-order valence-electron chi connectivity index (χ2n) is 4.53. The van der Waals surface area contributed by atoms with Crippen molar-refractivity contribution in [2.24, 2.45) is 0 Å². The summed E-state index contributed by atoms with van der Waals surface area (Å²) in [6.07, 6.45) is 1.29. The summed E-state index contributed by atoms with van der Waals surface area (Å²) < 4.78 is 5.08. The molecule has 0 bridgehead atoms. The van der Waals surface area contributed by atoms with Crippen LogP contribution in [0.4, 0.5) is 0 Å². The van der Waals surface area contributed by atoms with E-state index in [0.29, 0.717) is 12.1 Å². The fraction of sp³-hybridized carbons (Fsp3) is 0.333. The van der Waals surface area contributed by atoms with Gasteiger partial charge in [0.15, 0.2) is 0 Å². The lowest BCUT2D eigenvalue weighted by atomic mass is 10.1. The van der Waals surface area contributed by atoms with Crippen LogP contribution in [0.1, 0.15) is 30.3 Å². The van der Waals surface area contributed by atoms with Gasteiger partial charge in [-0.3, -0.25) is 4.79 Å². The Morgan fingerprint density at radius 3 is 2.80 bits per heavy atom. The van der Waals surface area contributed by atoms with Gasteiger partial charge in [0.25, 0.3) is 5.91 Å². The molecule has 2 aromatic rings. The van der Waals surface area contributed by atoms with Crippen molar-refractivity contribution in [3.05, 3.63) is 42.2 Å². The molecule has 0 radical (unpaired) electrons. The Labute approximate surface area is 117 Å². The molecule has 2 N–H and O–H groups in total. The van der Waals surface area contributed by atoms with E-state index in [1.165, 1.54) is 0 Å². The van der Waals surface area contributed by atoms with Crippen molar-refractivity contribution in [1.82, 2.24) is 10.5 Å². The number of aromatic nitrogens is 1. The number of carbonyl (C=O) groups excluding carboxylic acids is 1. The molecule has 1 heterocycles. The van der Waals surface area contributed by atoms with Gasteiger partial charge in [0, 0.05) is 24.3 Å². The zero-order valence-corrected chi connectivity index (χ0v) is 11.4. The fourth-order valence-electron chi connectivity index (χ4n) is 1.92. The molecule has 0 saturated heterocycles. The molecule has 0 saturated carbocycles. The number of nitrogens with zero attached hydrogens (tertiary/aromatic N) is 1. The van der Waals surface area contributed by atoms with E-state index >= 15 is 0 Å². The van der Waals surface area contributed by atoms with Crippen LogP contribution in [0.3, 0.4) is 0 Å². The minimum Gasteiger partial charge on any atom is -0.396 e. The van der Waals surface area contributed by atoms with Crippen LogP contribution in [-0.2, 0) is 0 Å². The standard InChI is InChI=1S/C15H18N2O3/c1-2-12(8-9-18)16-15(19)14-10-13(17-20-14)11-6-4-3-5-7-11/h3-7,10,12,18H,2,8-9H2,1H3,(H,16,19). The van der Waals surface area contributed by atoms with Crippen LogP contribution in [0.15, 0.2) is 40.9 Å². The largest absolute Gasteiger partial charge is 0.396 e. The molecule has 1 atom stereocenters. The van der Waals surface area contributed by atoms with E-state index in [4.69, 9.17) is 9.63 Å². The number of aliphatic hydroxyl groups excluding tert-OH is 1. The van der Waals surface area contributed by atoms with Crippen LogP contribution >= 0.6 is 0 Å². The van der Waals surface area contributed by atoms with Crippen molar-refractivity contribution < 1.29 is 14.4 Å². The molecule has 0 aliphatic rings. The van der Waals surface area contributed by atoms with E-state index in [2.05, 4.69) is 10.5 Å².